The van der Waals surface area contributed by atoms with Gasteiger partial charge in [0.1, 0.15) is 0 Å². The summed E-state index contributed by atoms with van der Waals surface area (Å²) in [5, 5.41) is 20.2. The van der Waals surface area contributed by atoms with Crippen LogP contribution >= 0.6 is 27.7 Å². The Morgan fingerprint density at radius 1 is 1.50 bits per heavy atom. The molecule has 16 heavy (non-hydrogen) atoms. The van der Waals surface area contributed by atoms with E-state index in [0.29, 0.717) is 16.4 Å². The summed E-state index contributed by atoms with van der Waals surface area (Å²) in [5.41, 5.74) is 1.23. The number of nitrogens with one attached hydrogen (secondary N) is 1. The predicted octanol–water partition coefficient (Wildman–Crippen LogP) is 2.74. The fourth-order valence-corrected chi connectivity index (χ4v) is 1.75. The van der Waals surface area contributed by atoms with Gasteiger partial charge in [0, 0.05) is 4.47 Å². The highest BCUT2D eigenvalue weighted by Crippen LogP contribution is 2.26. The molecule has 0 unspecified atom stereocenters. The van der Waals surface area contributed by atoms with Crippen LogP contribution in [0, 0.1) is 22.8 Å². The maximum Gasteiger partial charge on any atom is 0.183 e. The zero-order chi connectivity index (χ0) is 12.0. The number of amidine groups is 1. The quantitative estimate of drug-likeness (QED) is 0.374. The van der Waals surface area contributed by atoms with E-state index in [9.17, 15) is 0 Å². The van der Waals surface area contributed by atoms with Crippen molar-refractivity contribution in [2.24, 2.45) is 4.99 Å². The molecule has 0 saturated heterocycles. The molecule has 0 fully saturated rings. The van der Waals surface area contributed by atoms with Crippen LogP contribution in [0.25, 0.3) is 0 Å². The lowest BCUT2D eigenvalue weighted by molar-refractivity contribution is 1.28. The van der Waals surface area contributed by atoms with Crippen LogP contribution in [0.4, 0.5) is 5.69 Å². The van der Waals surface area contributed by atoms with Crippen LogP contribution in [0.3, 0.4) is 0 Å². The van der Waals surface area contributed by atoms with Crippen LogP contribution < -0.4 is 5.32 Å². The highest BCUT2D eigenvalue weighted by Gasteiger charge is 2.02. The van der Waals surface area contributed by atoms with E-state index in [1.165, 1.54) is 11.8 Å². The molecule has 1 aromatic carbocycles. The molecule has 6 heteroatoms. The van der Waals surface area contributed by atoms with E-state index in [0.717, 1.165) is 4.47 Å². The van der Waals surface area contributed by atoms with Gasteiger partial charge in [-0.05, 0) is 40.4 Å². The zero-order valence-corrected chi connectivity index (χ0v) is 10.8. The summed E-state index contributed by atoms with van der Waals surface area (Å²) in [6.07, 6.45) is 3.63. The second kappa shape index (κ2) is 6.16. The van der Waals surface area contributed by atoms with E-state index in [-0.39, 0.29) is 0 Å². The predicted molar refractivity (Wildman–Crippen MR) is 68.2 cm³/mol. The van der Waals surface area contributed by atoms with Crippen molar-refractivity contribution in [3.63, 3.8) is 0 Å². The molecule has 0 aromatic heterocycles. The topological polar surface area (TPSA) is 72.0 Å². The third-order valence-corrected chi connectivity index (χ3v) is 2.87. The van der Waals surface area contributed by atoms with Crippen LogP contribution in [0.5, 0.6) is 0 Å². The molecule has 0 aliphatic heterocycles. The van der Waals surface area contributed by atoms with Crippen LogP contribution in [-0.2, 0) is 0 Å². The number of halogens is 1. The Morgan fingerprint density at radius 3 is 2.75 bits per heavy atom. The average molecular weight is 295 g/mol. The number of hydrogen-bond acceptors (Lipinski definition) is 4. The fraction of sp³-hybridized carbons (Fsp3) is 0.100. The third kappa shape index (κ3) is 3.27. The highest BCUT2D eigenvalue weighted by molar-refractivity contribution is 9.10. The second-order valence-corrected chi connectivity index (χ2v) is 4.29. The first-order valence-corrected chi connectivity index (χ1v) is 6.20. The molecular weight excluding hydrogens is 288 g/mol. The van der Waals surface area contributed by atoms with Crippen molar-refractivity contribution in [1.82, 2.24) is 5.32 Å². The van der Waals surface area contributed by atoms with Gasteiger partial charge in [-0.25, -0.2) is 4.99 Å². The Hall–Kier alpha value is -1.50. The van der Waals surface area contributed by atoms with Crippen LogP contribution in [-0.4, -0.2) is 11.4 Å². The van der Waals surface area contributed by atoms with Gasteiger partial charge in [-0.3, -0.25) is 5.32 Å². The number of hydrogen-bond donors (Lipinski definition) is 1. The smallest absolute Gasteiger partial charge is 0.183 e. The molecule has 0 amide bonds. The first-order valence-electron chi connectivity index (χ1n) is 4.18. The van der Waals surface area contributed by atoms with Crippen molar-refractivity contribution in [2.75, 3.05) is 6.26 Å². The minimum atomic E-state index is 0.507. The van der Waals surface area contributed by atoms with Crippen LogP contribution in [0.15, 0.2) is 27.7 Å². The van der Waals surface area contributed by atoms with Crippen molar-refractivity contribution >= 4 is 38.5 Å². The lowest BCUT2D eigenvalue weighted by atomic mass is 10.2. The van der Waals surface area contributed by atoms with Gasteiger partial charge >= 0.3 is 0 Å². The number of thioether (sulfide) groups is 1. The molecule has 0 aliphatic rings. The van der Waals surface area contributed by atoms with Crippen molar-refractivity contribution in [1.29, 1.82) is 10.5 Å². The number of nitrogens with zero attached hydrogens (tertiary/aromatic N) is 3. The minimum absolute atomic E-state index is 0.507. The molecular formula is C10H7BrN4S. The summed E-state index contributed by atoms with van der Waals surface area (Å²) in [4.78, 5) is 4.23. The standard InChI is InChI=1S/C10H7BrN4S/c1-16-10(14-6-13)15-9-3-2-7(5-12)4-8(9)11/h2-4H,1H3,(H,14,15). The van der Waals surface area contributed by atoms with E-state index in [4.69, 9.17) is 10.5 Å². The molecule has 0 radical (unpaired) electrons. The second-order valence-electron chi connectivity index (χ2n) is 2.64. The number of nitriles is 2. The molecule has 0 bridgehead atoms. The van der Waals surface area contributed by atoms with Gasteiger partial charge in [0.15, 0.2) is 11.4 Å². The summed E-state index contributed by atoms with van der Waals surface area (Å²) in [6.45, 7) is 0. The van der Waals surface area contributed by atoms with E-state index in [1.807, 2.05) is 18.5 Å². The normalized spacial score (nSPS) is 10.4. The fourth-order valence-electron chi connectivity index (χ4n) is 0.949. The Bertz CT molecular complexity index is 499. The number of aliphatic imine (C=N–C) groups is 1. The molecule has 0 aliphatic carbocycles. The third-order valence-electron chi connectivity index (χ3n) is 1.65. The van der Waals surface area contributed by atoms with Gasteiger partial charge in [0.2, 0.25) is 0 Å². The largest absolute Gasteiger partial charge is 0.271 e. The molecule has 1 N–H and O–H groups in total. The summed E-state index contributed by atoms with van der Waals surface area (Å²) >= 11 is 4.66. The molecule has 0 saturated carbocycles. The number of benzene rings is 1. The molecule has 0 heterocycles. The van der Waals surface area contributed by atoms with Crippen LogP contribution in [0.2, 0.25) is 0 Å². The van der Waals surface area contributed by atoms with E-state index >= 15 is 0 Å². The monoisotopic (exact) mass is 294 g/mol. The van der Waals surface area contributed by atoms with Gasteiger partial charge < -0.3 is 0 Å². The zero-order valence-electron chi connectivity index (χ0n) is 8.36. The van der Waals surface area contributed by atoms with Crippen molar-refractivity contribution < 1.29 is 0 Å². The molecule has 1 aromatic rings. The highest BCUT2D eigenvalue weighted by atomic mass is 79.9. The molecule has 80 valence electrons. The first-order chi connectivity index (χ1) is 7.71. The number of rotatable bonds is 1. The summed E-state index contributed by atoms with van der Waals surface area (Å²) in [7, 11) is 0. The SMILES string of the molecule is CSC(=Nc1ccc(C#N)cc1Br)NC#N. The lowest BCUT2D eigenvalue weighted by Gasteiger charge is -2.02. The molecule has 0 spiro atoms. The molecule has 4 nitrogen and oxygen atoms in total. The maximum absolute atomic E-state index is 8.70. The maximum atomic E-state index is 8.70. The van der Waals surface area contributed by atoms with Crippen molar-refractivity contribution in [3.05, 3.63) is 28.2 Å². The van der Waals surface area contributed by atoms with Gasteiger partial charge in [-0.15, -0.1) is 0 Å². The van der Waals surface area contributed by atoms with E-state index < -0.39 is 0 Å². The van der Waals surface area contributed by atoms with Crippen molar-refractivity contribution in [2.45, 2.75) is 0 Å². The Balaban J connectivity index is 3.07. The first kappa shape index (κ1) is 12.6. The van der Waals surface area contributed by atoms with Crippen molar-refractivity contribution in [3.8, 4) is 12.3 Å². The average Bonchev–Trinajstić information content (AvgIpc) is 2.30. The summed E-state index contributed by atoms with van der Waals surface area (Å²) < 4.78 is 0.720. The Morgan fingerprint density at radius 2 is 2.25 bits per heavy atom. The Kier molecular flexibility index (Phi) is 4.84. The summed E-state index contributed by atoms with van der Waals surface area (Å²) in [5.74, 6) is 0. The Labute approximate surface area is 106 Å². The van der Waals surface area contributed by atoms with Gasteiger partial charge in [0.05, 0.1) is 17.3 Å². The van der Waals surface area contributed by atoms with Crippen LogP contribution in [0.1, 0.15) is 5.56 Å². The minimum Gasteiger partial charge on any atom is -0.271 e. The van der Waals surface area contributed by atoms with E-state index in [2.05, 4.69) is 26.2 Å². The lowest BCUT2D eigenvalue weighted by Crippen LogP contribution is -2.12. The van der Waals surface area contributed by atoms with Gasteiger partial charge in [-0.2, -0.15) is 10.5 Å². The summed E-state index contributed by atoms with van der Waals surface area (Å²) in [6, 6.07) is 7.11. The van der Waals surface area contributed by atoms with E-state index in [1.54, 1.807) is 18.2 Å². The van der Waals surface area contributed by atoms with Gasteiger partial charge in [-0.1, -0.05) is 11.8 Å². The molecule has 1 rings (SSSR count). The van der Waals surface area contributed by atoms with Gasteiger partial charge in [0.25, 0.3) is 0 Å². The molecule has 0 atom stereocenters.